The Kier molecular flexibility index (Phi) is 6.90. The van der Waals surface area contributed by atoms with Crippen LogP contribution >= 0.6 is 45.9 Å². The number of halogens is 2. The van der Waals surface area contributed by atoms with E-state index in [1.807, 2.05) is 12.1 Å². The SMILES string of the molecule is C=CC=C.CN1Cc2sc(Cl)cc2C(c2ccsc2-c2cccnc2Cl)C1. The number of hydrogen-bond acceptors (Lipinski definition) is 4. The van der Waals surface area contributed by atoms with Gasteiger partial charge in [0.2, 0.25) is 0 Å². The number of hydrogen-bond donors (Lipinski definition) is 0. The van der Waals surface area contributed by atoms with Gasteiger partial charge in [0.1, 0.15) is 5.15 Å². The largest absolute Gasteiger partial charge is 0.300 e. The molecule has 4 heterocycles. The van der Waals surface area contributed by atoms with Crippen LogP contribution in [0.1, 0.15) is 21.9 Å². The second kappa shape index (κ2) is 9.18. The fraction of sp³-hybridized carbons (Fsp3) is 0.190. The fourth-order valence-corrected chi connectivity index (χ4v) is 5.86. The van der Waals surface area contributed by atoms with E-state index < -0.39 is 0 Å². The van der Waals surface area contributed by atoms with Crippen LogP contribution in [0.4, 0.5) is 0 Å². The molecule has 0 spiro atoms. The molecule has 1 aliphatic rings. The Balaban J connectivity index is 0.000000481. The van der Waals surface area contributed by atoms with Gasteiger partial charge in [-0.05, 0) is 47.8 Å². The number of likely N-dealkylation sites (N-methyl/N-ethyl adjacent to an activating group) is 1. The summed E-state index contributed by atoms with van der Waals surface area (Å²) in [6, 6.07) is 8.32. The second-order valence-corrected chi connectivity index (χ2v) is 9.24. The first kappa shape index (κ1) is 20.3. The molecule has 0 N–H and O–H groups in total. The Bertz CT molecular complexity index is 939. The van der Waals surface area contributed by atoms with Crippen molar-refractivity contribution < 1.29 is 0 Å². The van der Waals surface area contributed by atoms with Crippen molar-refractivity contribution in [2.75, 3.05) is 13.6 Å². The highest BCUT2D eigenvalue weighted by atomic mass is 35.5. The normalized spacial score (nSPS) is 16.2. The van der Waals surface area contributed by atoms with Crippen molar-refractivity contribution in [2.45, 2.75) is 12.5 Å². The summed E-state index contributed by atoms with van der Waals surface area (Å²) in [5.74, 6) is 0.324. The van der Waals surface area contributed by atoms with E-state index in [1.54, 1.807) is 41.0 Å². The maximum Gasteiger partial charge on any atom is 0.137 e. The van der Waals surface area contributed by atoms with Gasteiger partial charge in [-0.2, -0.15) is 0 Å². The summed E-state index contributed by atoms with van der Waals surface area (Å²) in [5, 5.41) is 2.69. The molecule has 0 fully saturated rings. The van der Waals surface area contributed by atoms with Crippen LogP contribution in [-0.4, -0.2) is 23.5 Å². The molecule has 2 nitrogen and oxygen atoms in total. The predicted molar refractivity (Wildman–Crippen MR) is 120 cm³/mol. The summed E-state index contributed by atoms with van der Waals surface area (Å²) >= 11 is 16.0. The molecule has 3 aromatic heterocycles. The summed E-state index contributed by atoms with van der Waals surface area (Å²) in [6.07, 6.45) is 5.00. The van der Waals surface area contributed by atoms with Gasteiger partial charge >= 0.3 is 0 Å². The molecule has 27 heavy (non-hydrogen) atoms. The highest BCUT2D eigenvalue weighted by Crippen LogP contribution is 2.44. The second-order valence-electron chi connectivity index (χ2n) is 6.20. The van der Waals surface area contributed by atoms with Crippen molar-refractivity contribution in [3.8, 4) is 10.4 Å². The van der Waals surface area contributed by atoms with Crippen LogP contribution in [0, 0.1) is 0 Å². The number of allylic oxidation sites excluding steroid dienone is 2. The molecule has 3 aromatic rings. The third-order valence-corrected chi connectivity index (χ3v) is 6.87. The van der Waals surface area contributed by atoms with Crippen LogP contribution < -0.4 is 0 Å². The molecular weight excluding hydrogens is 415 g/mol. The van der Waals surface area contributed by atoms with E-state index in [2.05, 4.69) is 47.6 Å². The van der Waals surface area contributed by atoms with E-state index in [-0.39, 0.29) is 0 Å². The lowest BCUT2D eigenvalue weighted by atomic mass is 9.88. The lowest BCUT2D eigenvalue weighted by Gasteiger charge is -2.30. The quantitative estimate of drug-likeness (QED) is 0.322. The molecule has 140 valence electrons. The van der Waals surface area contributed by atoms with Gasteiger partial charge in [-0.1, -0.05) is 48.5 Å². The summed E-state index contributed by atoms with van der Waals surface area (Å²) in [4.78, 5) is 9.15. The summed E-state index contributed by atoms with van der Waals surface area (Å²) in [6.45, 7) is 8.68. The van der Waals surface area contributed by atoms with Gasteiger partial charge in [-0.3, -0.25) is 0 Å². The van der Waals surface area contributed by atoms with Crippen molar-refractivity contribution in [1.29, 1.82) is 0 Å². The van der Waals surface area contributed by atoms with E-state index >= 15 is 0 Å². The van der Waals surface area contributed by atoms with Crippen molar-refractivity contribution in [1.82, 2.24) is 9.88 Å². The number of rotatable bonds is 3. The predicted octanol–water partition coefficient (Wildman–Crippen LogP) is 7.11. The number of nitrogens with zero attached hydrogens (tertiary/aromatic N) is 2. The molecule has 6 heteroatoms. The molecule has 0 amide bonds. The van der Waals surface area contributed by atoms with Gasteiger partial charge in [-0.25, -0.2) is 4.98 Å². The number of fused-ring (bicyclic) bond motifs is 1. The first-order chi connectivity index (χ1) is 13.0. The van der Waals surface area contributed by atoms with Crippen LogP contribution in [0.5, 0.6) is 0 Å². The first-order valence-corrected chi connectivity index (χ1v) is 10.9. The van der Waals surface area contributed by atoms with Crippen LogP contribution in [0.25, 0.3) is 10.4 Å². The smallest absolute Gasteiger partial charge is 0.137 e. The maximum atomic E-state index is 6.33. The fourth-order valence-electron chi connectivity index (χ4n) is 3.18. The van der Waals surface area contributed by atoms with E-state index in [1.165, 1.54) is 20.9 Å². The zero-order valence-corrected chi connectivity index (χ0v) is 18.1. The van der Waals surface area contributed by atoms with Gasteiger partial charge in [0.15, 0.2) is 0 Å². The van der Waals surface area contributed by atoms with Crippen LogP contribution in [0.3, 0.4) is 0 Å². The Morgan fingerprint density at radius 3 is 2.70 bits per heavy atom. The highest BCUT2D eigenvalue weighted by Gasteiger charge is 2.29. The van der Waals surface area contributed by atoms with E-state index in [4.69, 9.17) is 23.2 Å². The molecule has 1 aliphatic heterocycles. The topological polar surface area (TPSA) is 16.1 Å². The van der Waals surface area contributed by atoms with Gasteiger partial charge in [0.25, 0.3) is 0 Å². The molecule has 4 rings (SSSR count). The van der Waals surface area contributed by atoms with Crippen molar-refractivity contribution in [2.24, 2.45) is 0 Å². The molecule has 0 radical (unpaired) electrons. The lowest BCUT2D eigenvalue weighted by molar-refractivity contribution is 0.299. The minimum atomic E-state index is 0.324. The minimum absolute atomic E-state index is 0.324. The molecule has 0 saturated carbocycles. The van der Waals surface area contributed by atoms with E-state index in [9.17, 15) is 0 Å². The Morgan fingerprint density at radius 1 is 1.22 bits per heavy atom. The molecule has 0 aromatic carbocycles. The standard InChI is InChI=1S/C17H14Cl2N2S2.C4H6/c1-21-8-13(12-7-15(18)23-14(12)9-21)10-4-6-22-16(10)11-3-2-5-20-17(11)19;1-3-4-2/h2-7,13H,8-9H2,1H3;3-4H,1-2H2. The minimum Gasteiger partial charge on any atom is -0.300 e. The van der Waals surface area contributed by atoms with E-state index in [0.29, 0.717) is 11.1 Å². The highest BCUT2D eigenvalue weighted by molar-refractivity contribution is 7.16. The zero-order valence-electron chi connectivity index (χ0n) is 15.0. The van der Waals surface area contributed by atoms with Gasteiger partial charge in [0.05, 0.1) is 4.34 Å². The Morgan fingerprint density at radius 2 is 2.00 bits per heavy atom. The van der Waals surface area contributed by atoms with Crippen LogP contribution in [-0.2, 0) is 6.54 Å². The van der Waals surface area contributed by atoms with Crippen molar-refractivity contribution >= 4 is 45.9 Å². The number of aromatic nitrogens is 1. The Labute approximate surface area is 178 Å². The van der Waals surface area contributed by atoms with Crippen molar-refractivity contribution in [3.63, 3.8) is 0 Å². The third-order valence-electron chi connectivity index (χ3n) is 4.34. The molecule has 0 aliphatic carbocycles. The first-order valence-electron chi connectivity index (χ1n) is 8.43. The molecule has 1 atom stereocenters. The van der Waals surface area contributed by atoms with Crippen LogP contribution in [0.15, 0.2) is 61.2 Å². The van der Waals surface area contributed by atoms with Gasteiger partial charge in [-0.15, -0.1) is 22.7 Å². The monoisotopic (exact) mass is 434 g/mol. The maximum absolute atomic E-state index is 6.33. The van der Waals surface area contributed by atoms with E-state index in [0.717, 1.165) is 23.0 Å². The number of pyridine rings is 1. The Hall–Kier alpha value is -1.43. The molecule has 0 saturated heterocycles. The summed E-state index contributed by atoms with van der Waals surface area (Å²) in [7, 11) is 2.16. The third kappa shape index (κ3) is 4.53. The molecule has 1 unspecified atom stereocenters. The lowest BCUT2D eigenvalue weighted by Crippen LogP contribution is -2.29. The van der Waals surface area contributed by atoms with Gasteiger partial charge < -0.3 is 4.90 Å². The van der Waals surface area contributed by atoms with Crippen LogP contribution in [0.2, 0.25) is 9.49 Å². The van der Waals surface area contributed by atoms with Gasteiger partial charge in [0, 0.05) is 40.5 Å². The summed E-state index contributed by atoms with van der Waals surface area (Å²) < 4.78 is 0.867. The molecular formula is C21H20Cl2N2S2. The average Bonchev–Trinajstić information content (AvgIpc) is 3.27. The average molecular weight is 435 g/mol. The number of thiophene rings is 2. The zero-order chi connectivity index (χ0) is 19.4. The van der Waals surface area contributed by atoms with Crippen molar-refractivity contribution in [3.05, 3.63) is 86.6 Å². The summed E-state index contributed by atoms with van der Waals surface area (Å²) in [5.41, 5.74) is 3.68. The molecule has 0 bridgehead atoms.